The van der Waals surface area contributed by atoms with E-state index in [-0.39, 0.29) is 28.9 Å². The molecule has 3 N–H and O–H groups in total. The molecule has 0 fully saturated rings. The fourth-order valence-electron chi connectivity index (χ4n) is 1.64. The minimum atomic E-state index is -1.10. The molecular formula is C12H17Cl2F2NO. The van der Waals surface area contributed by atoms with Crippen molar-refractivity contribution in [2.24, 2.45) is 11.7 Å². The van der Waals surface area contributed by atoms with Crippen molar-refractivity contribution in [3.8, 4) is 0 Å². The second-order valence-corrected chi connectivity index (χ2v) is 4.62. The Morgan fingerprint density at radius 3 is 2.17 bits per heavy atom. The molecule has 0 aliphatic rings. The first-order valence-electron chi connectivity index (χ1n) is 5.46. The summed E-state index contributed by atoms with van der Waals surface area (Å²) in [4.78, 5) is 0. The zero-order valence-corrected chi connectivity index (χ0v) is 11.7. The molecule has 0 saturated carbocycles. The van der Waals surface area contributed by atoms with Crippen molar-refractivity contribution in [3.05, 3.63) is 34.4 Å². The molecule has 0 radical (unpaired) electrons. The molecular weight excluding hydrogens is 283 g/mol. The number of hydrogen-bond donors (Lipinski definition) is 2. The Morgan fingerprint density at radius 1 is 1.33 bits per heavy atom. The molecule has 1 unspecified atom stereocenters. The Kier molecular flexibility index (Phi) is 7.07. The molecule has 1 rings (SSSR count). The van der Waals surface area contributed by atoms with E-state index in [2.05, 4.69) is 0 Å². The van der Waals surface area contributed by atoms with Crippen molar-refractivity contribution in [1.29, 1.82) is 0 Å². The van der Waals surface area contributed by atoms with Crippen LogP contribution in [0.3, 0.4) is 0 Å². The van der Waals surface area contributed by atoms with Crippen LogP contribution in [-0.4, -0.2) is 11.2 Å². The minimum absolute atomic E-state index is 0. The number of hydrogen-bond acceptors (Lipinski definition) is 2. The Hall–Kier alpha value is -0.420. The average Bonchev–Trinajstić information content (AvgIpc) is 2.25. The van der Waals surface area contributed by atoms with Crippen LogP contribution in [0.5, 0.6) is 0 Å². The predicted octanol–water partition coefficient (Wildman–Crippen LogP) is 3.45. The molecule has 6 heteroatoms. The molecule has 0 amide bonds. The van der Waals surface area contributed by atoms with Crippen LogP contribution < -0.4 is 5.73 Å². The molecule has 2 nitrogen and oxygen atoms in total. The van der Waals surface area contributed by atoms with Crippen molar-refractivity contribution in [1.82, 2.24) is 0 Å². The summed E-state index contributed by atoms with van der Waals surface area (Å²) in [6.07, 6.45) is -0.323. The van der Waals surface area contributed by atoms with Gasteiger partial charge in [0.15, 0.2) is 0 Å². The van der Waals surface area contributed by atoms with Gasteiger partial charge in [0.05, 0.1) is 12.1 Å². The predicted molar refractivity (Wildman–Crippen MR) is 71.0 cm³/mol. The smallest absolute Gasteiger partial charge is 0.132 e. The van der Waals surface area contributed by atoms with E-state index in [1.54, 1.807) is 6.92 Å². The van der Waals surface area contributed by atoms with Gasteiger partial charge in [0.2, 0.25) is 0 Å². The molecule has 3 atom stereocenters. The Morgan fingerprint density at radius 2 is 1.78 bits per heavy atom. The summed E-state index contributed by atoms with van der Waals surface area (Å²) in [6.45, 7) is 3.64. The molecule has 1 aromatic carbocycles. The second kappa shape index (κ2) is 7.24. The highest BCUT2D eigenvalue weighted by Gasteiger charge is 2.27. The lowest BCUT2D eigenvalue weighted by Crippen LogP contribution is -2.33. The molecule has 0 aliphatic carbocycles. The summed E-state index contributed by atoms with van der Waals surface area (Å²) in [6, 6.07) is 0.883. The van der Waals surface area contributed by atoms with Gasteiger partial charge in [-0.1, -0.05) is 31.9 Å². The Bertz CT molecular complexity index is 381. The van der Waals surface area contributed by atoms with Gasteiger partial charge in [0, 0.05) is 10.6 Å². The quantitative estimate of drug-likeness (QED) is 0.894. The van der Waals surface area contributed by atoms with Crippen LogP contribution in [0, 0.1) is 17.6 Å². The summed E-state index contributed by atoms with van der Waals surface area (Å²) >= 11 is 5.51. The van der Waals surface area contributed by atoms with Gasteiger partial charge in [-0.05, 0) is 18.1 Å². The maximum absolute atomic E-state index is 13.6. The van der Waals surface area contributed by atoms with Gasteiger partial charge in [0.25, 0.3) is 0 Å². The molecule has 0 spiro atoms. The summed E-state index contributed by atoms with van der Waals surface area (Å²) in [5, 5.41) is 9.83. The summed E-state index contributed by atoms with van der Waals surface area (Å²) in [7, 11) is 0. The third-order valence-corrected chi connectivity index (χ3v) is 3.19. The number of halogens is 4. The van der Waals surface area contributed by atoms with Crippen LogP contribution in [0.25, 0.3) is 0 Å². The van der Waals surface area contributed by atoms with E-state index in [1.807, 2.05) is 6.92 Å². The van der Waals surface area contributed by atoms with E-state index in [9.17, 15) is 13.9 Å². The van der Waals surface area contributed by atoms with Crippen LogP contribution in [0.15, 0.2) is 12.1 Å². The van der Waals surface area contributed by atoms with Gasteiger partial charge >= 0.3 is 0 Å². The van der Waals surface area contributed by atoms with E-state index in [4.69, 9.17) is 17.3 Å². The standard InChI is InChI=1S/C12H16ClF2NO.ClH/c1-3-6(2)12(17)11(16)10-8(14)4-7(13)5-9(10)15;/h4-6,11-12,17H,3,16H2,1-2H3;1H/t6?,11-,12+;/m1./s1. The molecule has 0 bridgehead atoms. The molecule has 104 valence electrons. The lowest BCUT2D eigenvalue weighted by molar-refractivity contribution is 0.0854. The lowest BCUT2D eigenvalue weighted by Gasteiger charge is -2.24. The third-order valence-electron chi connectivity index (χ3n) is 2.97. The lowest BCUT2D eigenvalue weighted by atomic mass is 9.91. The summed E-state index contributed by atoms with van der Waals surface area (Å²) in [5.74, 6) is -1.80. The zero-order chi connectivity index (χ0) is 13.2. The molecule has 1 aromatic rings. The number of nitrogens with two attached hydrogens (primary N) is 1. The SMILES string of the molecule is CCC(C)[C@H](O)[C@H](N)c1c(F)cc(Cl)cc1F.Cl. The highest BCUT2D eigenvalue weighted by Crippen LogP contribution is 2.28. The van der Waals surface area contributed by atoms with Gasteiger partial charge in [-0.2, -0.15) is 0 Å². The molecule has 18 heavy (non-hydrogen) atoms. The van der Waals surface area contributed by atoms with Gasteiger partial charge in [-0.3, -0.25) is 0 Å². The van der Waals surface area contributed by atoms with Crippen LogP contribution in [0.1, 0.15) is 31.9 Å². The van der Waals surface area contributed by atoms with Gasteiger partial charge in [0.1, 0.15) is 11.6 Å². The fourth-order valence-corrected chi connectivity index (χ4v) is 1.83. The number of benzene rings is 1. The second-order valence-electron chi connectivity index (χ2n) is 4.19. The van der Waals surface area contributed by atoms with E-state index in [0.29, 0.717) is 6.42 Å². The highest BCUT2D eigenvalue weighted by atomic mass is 35.5. The molecule has 0 heterocycles. The summed E-state index contributed by atoms with van der Waals surface area (Å²) < 4.78 is 27.1. The fraction of sp³-hybridized carbons (Fsp3) is 0.500. The van der Waals surface area contributed by atoms with Crippen molar-refractivity contribution in [2.75, 3.05) is 0 Å². The monoisotopic (exact) mass is 299 g/mol. The maximum Gasteiger partial charge on any atom is 0.132 e. The van der Waals surface area contributed by atoms with Crippen molar-refractivity contribution >= 4 is 24.0 Å². The normalized spacial score (nSPS) is 15.7. The van der Waals surface area contributed by atoms with Gasteiger partial charge in [-0.15, -0.1) is 12.4 Å². The van der Waals surface area contributed by atoms with Gasteiger partial charge < -0.3 is 10.8 Å². The topological polar surface area (TPSA) is 46.2 Å². The average molecular weight is 300 g/mol. The van der Waals surface area contributed by atoms with E-state index in [0.717, 1.165) is 12.1 Å². The Labute approximate surface area is 117 Å². The molecule has 0 saturated heterocycles. The minimum Gasteiger partial charge on any atom is -0.391 e. The maximum atomic E-state index is 13.6. The first-order chi connectivity index (χ1) is 7.88. The van der Waals surface area contributed by atoms with E-state index < -0.39 is 23.8 Å². The van der Waals surface area contributed by atoms with Gasteiger partial charge in [-0.25, -0.2) is 8.78 Å². The number of aliphatic hydroxyl groups is 1. The molecule has 0 aromatic heterocycles. The largest absolute Gasteiger partial charge is 0.391 e. The number of rotatable bonds is 4. The van der Waals surface area contributed by atoms with Crippen LogP contribution in [0.4, 0.5) is 8.78 Å². The van der Waals surface area contributed by atoms with E-state index in [1.165, 1.54) is 0 Å². The zero-order valence-electron chi connectivity index (χ0n) is 10.2. The van der Waals surface area contributed by atoms with Crippen molar-refractivity contribution in [3.63, 3.8) is 0 Å². The van der Waals surface area contributed by atoms with Crippen molar-refractivity contribution < 1.29 is 13.9 Å². The van der Waals surface area contributed by atoms with Crippen LogP contribution in [-0.2, 0) is 0 Å². The first kappa shape index (κ1) is 17.6. The van der Waals surface area contributed by atoms with Crippen molar-refractivity contribution in [2.45, 2.75) is 32.4 Å². The summed E-state index contributed by atoms with van der Waals surface area (Å²) in [5.41, 5.74) is 5.38. The van der Waals surface area contributed by atoms with Crippen LogP contribution >= 0.6 is 24.0 Å². The Balaban J connectivity index is 0.00000289. The van der Waals surface area contributed by atoms with Crippen LogP contribution in [0.2, 0.25) is 5.02 Å². The molecule has 0 aliphatic heterocycles. The third kappa shape index (κ3) is 3.79. The first-order valence-corrected chi connectivity index (χ1v) is 5.84. The highest BCUT2D eigenvalue weighted by molar-refractivity contribution is 6.30. The number of aliphatic hydroxyl groups excluding tert-OH is 1. The van der Waals surface area contributed by atoms with E-state index >= 15 is 0 Å².